The number of fused-ring (bicyclic) bond motifs is 1. The van der Waals surface area contributed by atoms with Crippen molar-refractivity contribution in [3.63, 3.8) is 0 Å². The van der Waals surface area contributed by atoms with E-state index in [4.69, 9.17) is 9.47 Å². The molecule has 3 heterocycles. The number of carbonyl (C=O) groups excluding carboxylic acids is 1. The van der Waals surface area contributed by atoms with Gasteiger partial charge in [0.1, 0.15) is 5.69 Å². The zero-order valence-electron chi connectivity index (χ0n) is 12.4. The van der Waals surface area contributed by atoms with Crippen molar-refractivity contribution in [1.29, 1.82) is 0 Å². The van der Waals surface area contributed by atoms with Gasteiger partial charge in [-0.2, -0.15) is 5.10 Å². The van der Waals surface area contributed by atoms with Gasteiger partial charge in [-0.15, -0.1) is 0 Å². The largest absolute Gasteiger partial charge is 0.378 e. The Morgan fingerprint density at radius 3 is 2.75 bits per heavy atom. The predicted molar refractivity (Wildman–Crippen MR) is 72.6 cm³/mol. The van der Waals surface area contributed by atoms with Crippen LogP contribution in [0.1, 0.15) is 41.7 Å². The number of carbonyl (C=O) groups is 1. The molecule has 0 unspecified atom stereocenters. The van der Waals surface area contributed by atoms with Crippen LogP contribution in [0.4, 0.5) is 0 Å². The van der Waals surface area contributed by atoms with Gasteiger partial charge >= 0.3 is 0 Å². The van der Waals surface area contributed by atoms with Crippen LogP contribution in [-0.4, -0.2) is 53.0 Å². The summed E-state index contributed by atoms with van der Waals surface area (Å²) in [4.78, 5) is 14.4. The van der Waals surface area contributed by atoms with Crippen LogP contribution in [0, 0.1) is 0 Å². The first-order valence-corrected chi connectivity index (χ1v) is 7.04. The minimum atomic E-state index is -0.0513. The Labute approximate surface area is 118 Å². The maximum atomic E-state index is 12.6. The molecule has 0 N–H and O–H groups in total. The summed E-state index contributed by atoms with van der Waals surface area (Å²) in [5, 5.41) is 4.48. The number of ether oxygens (including phenoxy) is 2. The third-order valence-electron chi connectivity index (χ3n) is 4.16. The highest BCUT2D eigenvalue weighted by molar-refractivity contribution is 5.95. The molecule has 1 amide bonds. The second-order valence-electron chi connectivity index (χ2n) is 5.70. The molecule has 6 nitrogen and oxygen atoms in total. The van der Waals surface area contributed by atoms with Crippen molar-refractivity contribution in [2.24, 2.45) is 7.05 Å². The Morgan fingerprint density at radius 1 is 1.40 bits per heavy atom. The Balaban J connectivity index is 1.89. The van der Waals surface area contributed by atoms with Gasteiger partial charge < -0.3 is 14.4 Å². The maximum absolute atomic E-state index is 12.6. The Kier molecular flexibility index (Phi) is 3.30. The Bertz CT molecular complexity index is 534. The molecular formula is C14H21N3O3. The van der Waals surface area contributed by atoms with E-state index in [1.165, 1.54) is 0 Å². The van der Waals surface area contributed by atoms with Crippen LogP contribution >= 0.6 is 0 Å². The van der Waals surface area contributed by atoms with E-state index in [0.29, 0.717) is 18.8 Å². The summed E-state index contributed by atoms with van der Waals surface area (Å²) in [7, 11) is 3.51. The van der Waals surface area contributed by atoms with Crippen LogP contribution in [0.3, 0.4) is 0 Å². The molecule has 1 aromatic rings. The monoisotopic (exact) mass is 279 g/mol. The number of aryl methyl sites for hydroxylation is 1. The summed E-state index contributed by atoms with van der Waals surface area (Å²) in [5.74, 6) is 0.0517. The topological polar surface area (TPSA) is 56.6 Å². The van der Waals surface area contributed by atoms with Crippen molar-refractivity contribution < 1.29 is 14.3 Å². The lowest BCUT2D eigenvalue weighted by Crippen LogP contribution is -2.54. The highest BCUT2D eigenvalue weighted by Crippen LogP contribution is 2.32. The van der Waals surface area contributed by atoms with E-state index in [1.54, 1.807) is 11.8 Å². The van der Waals surface area contributed by atoms with Crippen LogP contribution in [0.5, 0.6) is 0 Å². The number of hydrogen-bond acceptors (Lipinski definition) is 4. The average molecular weight is 279 g/mol. The molecule has 0 spiro atoms. The third-order valence-corrected chi connectivity index (χ3v) is 4.16. The normalized spacial score (nSPS) is 26.3. The van der Waals surface area contributed by atoms with E-state index in [0.717, 1.165) is 17.7 Å². The minimum Gasteiger partial charge on any atom is -0.378 e. The SMILES string of the molecule is COC1CN(C(=O)c2c3c(nn2C)[C@H](C)O[C@H](C)C3)C1. The van der Waals surface area contributed by atoms with Crippen molar-refractivity contribution in [3.05, 3.63) is 17.0 Å². The van der Waals surface area contributed by atoms with Gasteiger partial charge in [0.15, 0.2) is 0 Å². The lowest BCUT2D eigenvalue weighted by molar-refractivity contribution is -0.0201. The first-order chi connectivity index (χ1) is 9.51. The lowest BCUT2D eigenvalue weighted by Gasteiger charge is -2.38. The molecule has 0 radical (unpaired) electrons. The summed E-state index contributed by atoms with van der Waals surface area (Å²) in [5.41, 5.74) is 2.65. The second-order valence-corrected chi connectivity index (χ2v) is 5.70. The molecule has 20 heavy (non-hydrogen) atoms. The van der Waals surface area contributed by atoms with E-state index >= 15 is 0 Å². The molecular weight excluding hydrogens is 258 g/mol. The third kappa shape index (κ3) is 2.03. The summed E-state index contributed by atoms with van der Waals surface area (Å²) in [6.45, 7) is 5.35. The quantitative estimate of drug-likeness (QED) is 0.807. The molecule has 110 valence electrons. The van der Waals surface area contributed by atoms with Gasteiger partial charge in [-0.1, -0.05) is 0 Å². The number of likely N-dealkylation sites (tertiary alicyclic amines) is 1. The molecule has 6 heteroatoms. The fraction of sp³-hybridized carbons (Fsp3) is 0.714. The molecule has 1 fully saturated rings. The van der Waals surface area contributed by atoms with Gasteiger partial charge in [-0.3, -0.25) is 9.48 Å². The summed E-state index contributed by atoms with van der Waals surface area (Å²) < 4.78 is 12.7. The standard InChI is InChI=1S/C14H21N3O3/c1-8-5-11-12(9(2)20-8)15-16(3)13(11)14(18)17-6-10(7-17)19-4/h8-10H,5-7H2,1-4H3/t8-,9+/m1/s1. The Morgan fingerprint density at radius 2 is 2.10 bits per heavy atom. The molecule has 0 aliphatic carbocycles. The molecule has 0 bridgehead atoms. The number of methoxy groups -OCH3 is 1. The van der Waals surface area contributed by atoms with E-state index in [9.17, 15) is 4.79 Å². The van der Waals surface area contributed by atoms with Crippen molar-refractivity contribution >= 4 is 5.91 Å². The highest BCUT2D eigenvalue weighted by atomic mass is 16.5. The second kappa shape index (κ2) is 4.86. The molecule has 0 saturated carbocycles. The molecule has 1 saturated heterocycles. The number of aromatic nitrogens is 2. The molecule has 1 aromatic heterocycles. The van der Waals surface area contributed by atoms with Crippen LogP contribution in [-0.2, 0) is 22.9 Å². The van der Waals surface area contributed by atoms with Gasteiger partial charge in [0.2, 0.25) is 0 Å². The van der Waals surface area contributed by atoms with Gasteiger partial charge in [0.25, 0.3) is 5.91 Å². The summed E-state index contributed by atoms with van der Waals surface area (Å²) >= 11 is 0. The zero-order valence-corrected chi connectivity index (χ0v) is 12.4. The van der Waals surface area contributed by atoms with E-state index in [2.05, 4.69) is 5.10 Å². The van der Waals surface area contributed by atoms with Crippen LogP contribution in [0.2, 0.25) is 0 Å². The van der Waals surface area contributed by atoms with E-state index in [1.807, 2.05) is 25.8 Å². The molecule has 2 aliphatic rings. The minimum absolute atomic E-state index is 0.0513. The Hall–Kier alpha value is -1.40. The number of rotatable bonds is 2. The maximum Gasteiger partial charge on any atom is 0.272 e. The molecule has 0 aromatic carbocycles. The van der Waals surface area contributed by atoms with Crippen molar-refractivity contribution in [2.45, 2.75) is 38.6 Å². The zero-order chi connectivity index (χ0) is 14.4. The van der Waals surface area contributed by atoms with Crippen LogP contribution in [0.25, 0.3) is 0 Å². The predicted octanol–water partition coefficient (Wildman–Crippen LogP) is 0.913. The molecule has 3 rings (SSSR count). The van der Waals surface area contributed by atoms with E-state index in [-0.39, 0.29) is 24.2 Å². The average Bonchev–Trinajstić information content (AvgIpc) is 2.64. The van der Waals surface area contributed by atoms with Gasteiger partial charge in [0, 0.05) is 39.2 Å². The van der Waals surface area contributed by atoms with Gasteiger partial charge in [-0.25, -0.2) is 0 Å². The number of hydrogen-bond donors (Lipinski definition) is 0. The lowest BCUT2D eigenvalue weighted by atomic mass is 9.98. The number of amides is 1. The van der Waals surface area contributed by atoms with Gasteiger partial charge in [0.05, 0.1) is 24.0 Å². The number of nitrogens with zero attached hydrogens (tertiary/aromatic N) is 3. The smallest absolute Gasteiger partial charge is 0.272 e. The first kappa shape index (κ1) is 13.6. The fourth-order valence-electron chi connectivity index (χ4n) is 3.04. The van der Waals surface area contributed by atoms with Gasteiger partial charge in [-0.05, 0) is 13.8 Å². The molecule has 2 aliphatic heterocycles. The fourth-order valence-corrected chi connectivity index (χ4v) is 3.04. The van der Waals surface area contributed by atoms with Crippen molar-refractivity contribution in [3.8, 4) is 0 Å². The van der Waals surface area contributed by atoms with Crippen molar-refractivity contribution in [2.75, 3.05) is 20.2 Å². The van der Waals surface area contributed by atoms with Crippen molar-refractivity contribution in [1.82, 2.24) is 14.7 Å². The summed E-state index contributed by atoms with van der Waals surface area (Å²) in [6, 6.07) is 0. The van der Waals surface area contributed by atoms with Crippen LogP contribution < -0.4 is 0 Å². The first-order valence-electron chi connectivity index (χ1n) is 7.04. The highest BCUT2D eigenvalue weighted by Gasteiger charge is 2.37. The van der Waals surface area contributed by atoms with E-state index < -0.39 is 0 Å². The van der Waals surface area contributed by atoms with Crippen LogP contribution in [0.15, 0.2) is 0 Å². The molecule has 2 atom stereocenters. The summed E-state index contributed by atoms with van der Waals surface area (Å²) in [6.07, 6.45) is 0.987.